The molecule has 4 rings (SSSR count). The van der Waals surface area contributed by atoms with E-state index < -0.39 is 5.54 Å². The van der Waals surface area contributed by atoms with Crippen LogP contribution in [0.3, 0.4) is 0 Å². The number of nitrogens with one attached hydrogen (secondary N) is 1. The summed E-state index contributed by atoms with van der Waals surface area (Å²) in [6, 6.07) is 22.2. The molecule has 0 unspecified atom stereocenters. The molecule has 27 heavy (non-hydrogen) atoms. The molecule has 0 radical (unpaired) electrons. The Bertz CT molecular complexity index is 904. The van der Waals surface area contributed by atoms with Gasteiger partial charge in [0.05, 0.1) is 0 Å². The van der Waals surface area contributed by atoms with Gasteiger partial charge >= 0.3 is 6.03 Å². The molecular formula is C22H19N3O2. The summed E-state index contributed by atoms with van der Waals surface area (Å²) in [5.74, 6) is -0.251. The monoisotopic (exact) mass is 357 g/mol. The Labute approximate surface area is 157 Å². The van der Waals surface area contributed by atoms with Crippen molar-refractivity contribution >= 4 is 11.9 Å². The molecule has 3 aromatic rings. The molecule has 1 aromatic heterocycles. The lowest BCUT2D eigenvalue weighted by Gasteiger charge is -2.28. The summed E-state index contributed by atoms with van der Waals surface area (Å²) in [5.41, 5.74) is 1.34. The molecule has 0 atom stereocenters. The highest BCUT2D eigenvalue weighted by molar-refractivity contribution is 6.09. The number of imide groups is 1. The van der Waals surface area contributed by atoms with Crippen LogP contribution in [0.15, 0.2) is 85.2 Å². The molecule has 0 aliphatic carbocycles. The number of benzene rings is 2. The van der Waals surface area contributed by atoms with E-state index >= 15 is 0 Å². The van der Waals surface area contributed by atoms with Gasteiger partial charge in [-0.25, -0.2) is 4.79 Å². The van der Waals surface area contributed by atoms with Crippen LogP contribution in [0.4, 0.5) is 4.79 Å². The van der Waals surface area contributed by atoms with Crippen molar-refractivity contribution in [3.05, 3.63) is 102 Å². The predicted molar refractivity (Wildman–Crippen MR) is 102 cm³/mol. The highest BCUT2D eigenvalue weighted by Gasteiger charge is 2.53. The van der Waals surface area contributed by atoms with E-state index in [1.807, 2.05) is 72.8 Å². The van der Waals surface area contributed by atoms with Gasteiger partial charge in [-0.1, -0.05) is 60.7 Å². The number of carbonyl (C=O) groups is 2. The van der Waals surface area contributed by atoms with Crippen LogP contribution in [-0.2, 0) is 16.8 Å². The fraction of sp³-hybridized carbons (Fsp3) is 0.136. The molecule has 1 aliphatic heterocycles. The quantitative estimate of drug-likeness (QED) is 0.714. The number of hydrogen-bond donors (Lipinski definition) is 1. The van der Waals surface area contributed by atoms with E-state index in [1.54, 1.807) is 12.4 Å². The molecule has 2 aromatic carbocycles. The number of hydrogen-bond acceptors (Lipinski definition) is 3. The van der Waals surface area contributed by atoms with Crippen LogP contribution in [0.25, 0.3) is 0 Å². The Morgan fingerprint density at radius 3 is 1.93 bits per heavy atom. The third-order valence-electron chi connectivity index (χ3n) is 4.89. The second-order valence-electron chi connectivity index (χ2n) is 6.47. The number of amides is 3. The second-order valence-corrected chi connectivity index (χ2v) is 6.47. The van der Waals surface area contributed by atoms with Crippen molar-refractivity contribution in [2.45, 2.75) is 12.0 Å². The molecule has 0 bridgehead atoms. The lowest BCUT2D eigenvalue weighted by molar-refractivity contribution is -0.130. The zero-order chi connectivity index (χ0) is 18.7. The molecule has 0 saturated carbocycles. The maximum Gasteiger partial charge on any atom is 0.325 e. The molecular weight excluding hydrogens is 338 g/mol. The molecule has 3 amide bonds. The van der Waals surface area contributed by atoms with E-state index in [0.29, 0.717) is 13.0 Å². The highest BCUT2D eigenvalue weighted by atomic mass is 16.2. The minimum Gasteiger partial charge on any atom is -0.315 e. The summed E-state index contributed by atoms with van der Waals surface area (Å²) in [7, 11) is 0. The topological polar surface area (TPSA) is 62.3 Å². The number of nitrogens with zero attached hydrogens (tertiary/aromatic N) is 2. The van der Waals surface area contributed by atoms with Crippen molar-refractivity contribution in [2.75, 3.05) is 6.54 Å². The summed E-state index contributed by atoms with van der Waals surface area (Å²) >= 11 is 0. The minimum atomic E-state index is -1.20. The Kier molecular flexibility index (Phi) is 4.42. The van der Waals surface area contributed by atoms with Gasteiger partial charge in [0.15, 0.2) is 5.54 Å². The smallest absolute Gasteiger partial charge is 0.315 e. The molecule has 0 spiro atoms. The second kappa shape index (κ2) is 7.03. The first-order valence-electron chi connectivity index (χ1n) is 8.86. The highest BCUT2D eigenvalue weighted by Crippen LogP contribution is 2.35. The zero-order valence-electron chi connectivity index (χ0n) is 14.7. The number of aromatic nitrogens is 1. The van der Waals surface area contributed by atoms with Gasteiger partial charge in [0.25, 0.3) is 5.91 Å². The SMILES string of the molecule is O=C1NC(c2ccccc2)(c2ccccc2)C(=O)N1CCc1ccncc1. The van der Waals surface area contributed by atoms with E-state index in [1.165, 1.54) is 4.90 Å². The molecule has 2 heterocycles. The lowest BCUT2D eigenvalue weighted by Crippen LogP contribution is -2.45. The molecule has 5 nitrogen and oxygen atoms in total. The molecule has 1 N–H and O–H groups in total. The first-order chi connectivity index (χ1) is 13.2. The van der Waals surface area contributed by atoms with Crippen LogP contribution < -0.4 is 5.32 Å². The first kappa shape index (κ1) is 17.0. The van der Waals surface area contributed by atoms with Crippen molar-refractivity contribution in [3.8, 4) is 0 Å². The molecule has 1 saturated heterocycles. The maximum atomic E-state index is 13.5. The van der Waals surface area contributed by atoms with E-state index in [2.05, 4.69) is 10.3 Å². The van der Waals surface area contributed by atoms with E-state index in [4.69, 9.17) is 0 Å². The van der Waals surface area contributed by atoms with Crippen molar-refractivity contribution in [2.24, 2.45) is 0 Å². The van der Waals surface area contributed by atoms with Gasteiger partial charge < -0.3 is 5.32 Å². The van der Waals surface area contributed by atoms with Crippen LogP contribution >= 0.6 is 0 Å². The average molecular weight is 357 g/mol. The molecule has 134 valence electrons. The van der Waals surface area contributed by atoms with E-state index in [-0.39, 0.29) is 11.9 Å². The van der Waals surface area contributed by atoms with Crippen LogP contribution in [0, 0.1) is 0 Å². The standard InChI is InChI=1S/C22H19N3O2/c26-20-22(18-7-3-1-4-8-18,19-9-5-2-6-10-19)24-21(27)25(20)16-13-17-11-14-23-15-12-17/h1-12,14-15H,13,16H2,(H,24,27). The normalized spacial score (nSPS) is 15.6. The van der Waals surface area contributed by atoms with Gasteiger partial charge in [-0.2, -0.15) is 0 Å². The Balaban J connectivity index is 1.71. The third-order valence-corrected chi connectivity index (χ3v) is 4.89. The van der Waals surface area contributed by atoms with Crippen LogP contribution in [0.2, 0.25) is 0 Å². The Hall–Kier alpha value is -3.47. The maximum absolute atomic E-state index is 13.5. The summed E-state index contributed by atoms with van der Waals surface area (Å²) < 4.78 is 0. The average Bonchev–Trinajstić information content (AvgIpc) is 2.99. The van der Waals surface area contributed by atoms with Gasteiger partial charge in [0.1, 0.15) is 0 Å². The lowest BCUT2D eigenvalue weighted by atomic mass is 9.82. The van der Waals surface area contributed by atoms with Crippen molar-refractivity contribution < 1.29 is 9.59 Å². The van der Waals surface area contributed by atoms with Gasteiger partial charge in [0, 0.05) is 18.9 Å². The first-order valence-corrected chi connectivity index (χ1v) is 8.86. The van der Waals surface area contributed by atoms with Crippen molar-refractivity contribution in [1.82, 2.24) is 15.2 Å². The van der Waals surface area contributed by atoms with Crippen molar-refractivity contribution in [1.29, 1.82) is 0 Å². The number of carbonyl (C=O) groups excluding carboxylic acids is 2. The van der Waals surface area contributed by atoms with Gasteiger partial charge in [-0.15, -0.1) is 0 Å². The number of rotatable bonds is 5. The van der Waals surface area contributed by atoms with Crippen LogP contribution in [0.5, 0.6) is 0 Å². The molecule has 1 fully saturated rings. The Morgan fingerprint density at radius 1 is 0.815 bits per heavy atom. The van der Waals surface area contributed by atoms with Gasteiger partial charge in [-0.05, 0) is 35.2 Å². The predicted octanol–water partition coefficient (Wildman–Crippen LogP) is 3.12. The Morgan fingerprint density at radius 2 is 1.37 bits per heavy atom. The van der Waals surface area contributed by atoms with E-state index in [9.17, 15) is 9.59 Å². The summed E-state index contributed by atoms with van der Waals surface area (Å²) in [4.78, 5) is 31.5. The summed E-state index contributed by atoms with van der Waals surface area (Å²) in [6.45, 7) is 0.316. The largest absolute Gasteiger partial charge is 0.325 e. The molecule has 5 heteroatoms. The van der Waals surface area contributed by atoms with Crippen LogP contribution in [0.1, 0.15) is 16.7 Å². The van der Waals surface area contributed by atoms with Crippen molar-refractivity contribution in [3.63, 3.8) is 0 Å². The van der Waals surface area contributed by atoms with Crippen LogP contribution in [-0.4, -0.2) is 28.4 Å². The zero-order valence-corrected chi connectivity index (χ0v) is 14.7. The number of pyridine rings is 1. The third kappa shape index (κ3) is 2.97. The van der Waals surface area contributed by atoms with Gasteiger partial charge in [0.2, 0.25) is 0 Å². The fourth-order valence-electron chi connectivity index (χ4n) is 3.50. The van der Waals surface area contributed by atoms with Gasteiger partial charge in [-0.3, -0.25) is 14.7 Å². The summed E-state index contributed by atoms with van der Waals surface area (Å²) in [5, 5.41) is 2.96. The fourth-order valence-corrected chi connectivity index (χ4v) is 3.50. The summed E-state index contributed by atoms with van der Waals surface area (Å²) in [6.07, 6.45) is 4.00. The number of urea groups is 1. The molecule has 1 aliphatic rings. The van der Waals surface area contributed by atoms with E-state index in [0.717, 1.165) is 16.7 Å². The minimum absolute atomic E-state index is 0.251.